The van der Waals surface area contributed by atoms with Crippen molar-refractivity contribution < 1.29 is 4.79 Å². The summed E-state index contributed by atoms with van der Waals surface area (Å²) in [6, 6.07) is 8.09. The minimum absolute atomic E-state index is 0.0531. The molecule has 1 aromatic heterocycles. The molecular weight excluding hydrogens is 396 g/mol. The lowest BCUT2D eigenvalue weighted by Gasteiger charge is -2.35. The molecule has 3 rings (SSSR count). The third kappa shape index (κ3) is 4.43. The first-order chi connectivity index (χ1) is 12.6. The summed E-state index contributed by atoms with van der Waals surface area (Å²) in [6.45, 7) is 5.01. The highest BCUT2D eigenvalue weighted by atomic mass is 79.9. The van der Waals surface area contributed by atoms with E-state index in [1.807, 2.05) is 43.3 Å². The molecule has 1 fully saturated rings. The van der Waals surface area contributed by atoms with Crippen LogP contribution in [-0.4, -0.2) is 52.7 Å². The zero-order valence-corrected chi connectivity index (χ0v) is 16.6. The number of rotatable bonds is 4. The number of nitrogens with one attached hydrogen (secondary N) is 1. The molecule has 0 saturated carbocycles. The average molecular weight is 419 g/mol. The molecule has 2 aromatic rings. The minimum Gasteiger partial charge on any atom is -0.356 e. The molecule has 1 aromatic carbocycles. The van der Waals surface area contributed by atoms with Crippen LogP contribution in [0.25, 0.3) is 0 Å². The van der Waals surface area contributed by atoms with Crippen LogP contribution in [0.3, 0.4) is 0 Å². The number of carbonyl (C=O) groups excluding carboxylic acids is 1. The molecule has 0 unspecified atom stereocenters. The van der Waals surface area contributed by atoms with Gasteiger partial charge in [-0.15, -0.1) is 0 Å². The van der Waals surface area contributed by atoms with Crippen LogP contribution < -0.4 is 10.2 Å². The van der Waals surface area contributed by atoms with Gasteiger partial charge >= 0.3 is 0 Å². The molecule has 0 aliphatic carbocycles. The van der Waals surface area contributed by atoms with E-state index in [0.29, 0.717) is 19.6 Å². The summed E-state index contributed by atoms with van der Waals surface area (Å²) < 4.78 is 2.74. The van der Waals surface area contributed by atoms with E-state index < -0.39 is 0 Å². The van der Waals surface area contributed by atoms with Crippen LogP contribution >= 0.6 is 15.9 Å². The average Bonchev–Trinajstić information content (AvgIpc) is 3.04. The smallest absolute Gasteiger partial charge is 0.246 e. The largest absolute Gasteiger partial charge is 0.356 e. The Labute approximate surface area is 161 Å². The third-order valence-electron chi connectivity index (χ3n) is 4.16. The fourth-order valence-corrected chi connectivity index (χ4v) is 3.35. The van der Waals surface area contributed by atoms with Crippen LogP contribution in [0.2, 0.25) is 0 Å². The standard InChI is InChI=1S/C18H23BrN6O/c1-3-20-18(21-10-14-5-4-6-15(19)9-14)24-7-8-25(17(26)13-24)16-11-22-23(2)12-16/h4-6,9,11-12H,3,7-8,10,13H2,1-2H3,(H,20,21). The number of nitrogens with zero attached hydrogens (tertiary/aromatic N) is 5. The van der Waals surface area contributed by atoms with E-state index >= 15 is 0 Å². The third-order valence-corrected chi connectivity index (χ3v) is 4.65. The Bertz CT molecular complexity index is 802. The summed E-state index contributed by atoms with van der Waals surface area (Å²) in [4.78, 5) is 21.1. The van der Waals surface area contributed by atoms with E-state index in [2.05, 4.69) is 32.4 Å². The number of anilines is 1. The first-order valence-corrected chi connectivity index (χ1v) is 9.43. The number of aliphatic imine (C=N–C) groups is 1. The Hall–Kier alpha value is -2.35. The van der Waals surface area contributed by atoms with Crippen molar-refractivity contribution in [1.82, 2.24) is 20.0 Å². The van der Waals surface area contributed by atoms with Crippen molar-refractivity contribution in [3.05, 3.63) is 46.7 Å². The summed E-state index contributed by atoms with van der Waals surface area (Å²) in [5.74, 6) is 0.823. The fraction of sp³-hybridized carbons (Fsp3) is 0.389. The number of amides is 1. The second-order valence-corrected chi connectivity index (χ2v) is 7.05. The molecule has 7 nitrogen and oxygen atoms in total. The zero-order valence-electron chi connectivity index (χ0n) is 15.0. The maximum Gasteiger partial charge on any atom is 0.246 e. The Morgan fingerprint density at radius 3 is 2.88 bits per heavy atom. The van der Waals surface area contributed by atoms with Crippen molar-refractivity contribution >= 4 is 33.5 Å². The number of carbonyl (C=O) groups is 1. The fourth-order valence-electron chi connectivity index (χ4n) is 2.90. The van der Waals surface area contributed by atoms with Gasteiger partial charge in [0.1, 0.15) is 6.54 Å². The van der Waals surface area contributed by atoms with Crippen molar-refractivity contribution in [2.75, 3.05) is 31.1 Å². The molecule has 2 heterocycles. The van der Waals surface area contributed by atoms with Gasteiger partial charge in [-0.2, -0.15) is 5.10 Å². The van der Waals surface area contributed by atoms with E-state index in [0.717, 1.165) is 34.8 Å². The molecule has 1 aliphatic heterocycles. The summed E-state index contributed by atoms with van der Waals surface area (Å²) >= 11 is 3.48. The summed E-state index contributed by atoms with van der Waals surface area (Å²) in [6.07, 6.45) is 3.58. The molecule has 0 atom stereocenters. The quantitative estimate of drug-likeness (QED) is 0.608. The van der Waals surface area contributed by atoms with Crippen LogP contribution in [0.15, 0.2) is 46.1 Å². The monoisotopic (exact) mass is 418 g/mol. The van der Waals surface area contributed by atoms with Gasteiger partial charge in [0, 0.05) is 37.4 Å². The number of aryl methyl sites for hydroxylation is 1. The molecule has 1 N–H and O–H groups in total. The lowest BCUT2D eigenvalue weighted by Crippen LogP contribution is -2.55. The van der Waals surface area contributed by atoms with Gasteiger partial charge in [-0.25, -0.2) is 4.99 Å². The van der Waals surface area contributed by atoms with E-state index in [4.69, 9.17) is 4.99 Å². The number of aromatic nitrogens is 2. The van der Waals surface area contributed by atoms with Gasteiger partial charge in [-0.3, -0.25) is 9.48 Å². The van der Waals surface area contributed by atoms with E-state index in [9.17, 15) is 4.79 Å². The molecule has 0 spiro atoms. The second kappa shape index (κ2) is 8.35. The molecule has 1 saturated heterocycles. The van der Waals surface area contributed by atoms with Crippen LogP contribution in [0, 0.1) is 0 Å². The highest BCUT2D eigenvalue weighted by Crippen LogP contribution is 2.16. The van der Waals surface area contributed by atoms with E-state index in [1.165, 1.54) is 0 Å². The Balaban J connectivity index is 1.69. The van der Waals surface area contributed by atoms with E-state index in [1.54, 1.807) is 15.8 Å². The SMILES string of the molecule is CCNC(=NCc1cccc(Br)c1)N1CCN(c2cnn(C)c2)C(=O)C1. The highest BCUT2D eigenvalue weighted by Gasteiger charge is 2.27. The minimum atomic E-state index is 0.0531. The van der Waals surface area contributed by atoms with Crippen LogP contribution in [-0.2, 0) is 18.4 Å². The Morgan fingerprint density at radius 2 is 2.23 bits per heavy atom. The predicted octanol–water partition coefficient (Wildman–Crippen LogP) is 2.00. The maximum atomic E-state index is 12.6. The van der Waals surface area contributed by atoms with Gasteiger partial charge in [0.15, 0.2) is 5.96 Å². The number of hydrogen-bond acceptors (Lipinski definition) is 3. The zero-order chi connectivity index (χ0) is 18.5. The number of halogens is 1. The topological polar surface area (TPSA) is 65.8 Å². The molecule has 138 valence electrons. The van der Waals surface area contributed by atoms with Crippen molar-refractivity contribution in [2.45, 2.75) is 13.5 Å². The molecule has 0 bridgehead atoms. The number of piperazine rings is 1. The summed E-state index contributed by atoms with van der Waals surface area (Å²) in [7, 11) is 1.85. The van der Waals surface area contributed by atoms with Gasteiger partial charge in [0.05, 0.1) is 18.4 Å². The lowest BCUT2D eigenvalue weighted by atomic mass is 10.2. The van der Waals surface area contributed by atoms with Gasteiger partial charge in [-0.05, 0) is 24.6 Å². The second-order valence-electron chi connectivity index (χ2n) is 6.14. The number of guanidine groups is 1. The van der Waals surface area contributed by atoms with Crippen molar-refractivity contribution in [3.8, 4) is 0 Å². The first kappa shape index (κ1) is 18.4. The van der Waals surface area contributed by atoms with Crippen LogP contribution in [0.4, 0.5) is 5.69 Å². The van der Waals surface area contributed by atoms with Crippen molar-refractivity contribution in [1.29, 1.82) is 0 Å². The summed E-state index contributed by atoms with van der Waals surface area (Å²) in [5, 5.41) is 7.44. The molecule has 1 amide bonds. The van der Waals surface area contributed by atoms with Crippen LogP contribution in [0.5, 0.6) is 0 Å². The molecule has 1 aliphatic rings. The van der Waals surface area contributed by atoms with Crippen molar-refractivity contribution in [3.63, 3.8) is 0 Å². The number of hydrogen-bond donors (Lipinski definition) is 1. The van der Waals surface area contributed by atoms with E-state index in [-0.39, 0.29) is 5.91 Å². The molecule has 8 heteroatoms. The maximum absolute atomic E-state index is 12.6. The Morgan fingerprint density at radius 1 is 1.38 bits per heavy atom. The lowest BCUT2D eigenvalue weighted by molar-refractivity contribution is -0.120. The van der Waals surface area contributed by atoms with Crippen molar-refractivity contribution in [2.24, 2.45) is 12.0 Å². The van der Waals surface area contributed by atoms with Gasteiger partial charge in [0.25, 0.3) is 0 Å². The van der Waals surface area contributed by atoms with Gasteiger partial charge in [-0.1, -0.05) is 28.1 Å². The molecule has 0 radical (unpaired) electrons. The normalized spacial score (nSPS) is 15.5. The Kier molecular flexibility index (Phi) is 5.92. The summed E-state index contributed by atoms with van der Waals surface area (Å²) in [5.41, 5.74) is 1.96. The predicted molar refractivity (Wildman–Crippen MR) is 106 cm³/mol. The number of benzene rings is 1. The first-order valence-electron chi connectivity index (χ1n) is 8.63. The van der Waals surface area contributed by atoms with Crippen LogP contribution in [0.1, 0.15) is 12.5 Å². The van der Waals surface area contributed by atoms with Gasteiger partial charge < -0.3 is 15.1 Å². The highest BCUT2D eigenvalue weighted by molar-refractivity contribution is 9.10. The molecular formula is C18H23BrN6O. The van der Waals surface area contributed by atoms with Gasteiger partial charge in [0.2, 0.25) is 5.91 Å². The molecule has 26 heavy (non-hydrogen) atoms.